The number of hydrogen-bond acceptors (Lipinski definition) is 7. The van der Waals surface area contributed by atoms with Crippen LogP contribution in [0, 0.1) is 0 Å². The fraction of sp³-hybridized carbons (Fsp3) is 0.650. The number of rotatable bonds is 4. The zero-order valence-electron chi connectivity index (χ0n) is 16.7. The Balaban J connectivity index is 1.46. The molecule has 1 saturated carbocycles. The second kappa shape index (κ2) is 7.94. The molecule has 2 fully saturated rings. The summed E-state index contributed by atoms with van der Waals surface area (Å²) in [5.74, 6) is 1.93. The third kappa shape index (κ3) is 3.71. The summed E-state index contributed by atoms with van der Waals surface area (Å²) in [4.78, 5) is 34.8. The van der Waals surface area contributed by atoms with Crippen molar-refractivity contribution in [2.24, 2.45) is 0 Å². The standard InChI is InChI=1S/C20H25N3O4S3/c24-17(23(13-3-1-2-4-13)14-6-8-30(26,27)11-14)9-22-12-21-19-18(20(22)25)15-5-7-28-10-16(15)29-19/h12-14H,1-11H2/t14-/m0/s1. The first kappa shape index (κ1) is 20.5. The van der Waals surface area contributed by atoms with Gasteiger partial charge in [0.05, 0.1) is 23.2 Å². The molecule has 0 unspecified atom stereocenters. The van der Waals surface area contributed by atoms with Gasteiger partial charge in [-0.1, -0.05) is 12.8 Å². The lowest BCUT2D eigenvalue weighted by molar-refractivity contribution is -0.136. The van der Waals surface area contributed by atoms with Crippen LogP contribution in [-0.2, 0) is 33.4 Å². The summed E-state index contributed by atoms with van der Waals surface area (Å²) in [5.41, 5.74) is 0.950. The van der Waals surface area contributed by atoms with Crippen LogP contribution < -0.4 is 5.56 Å². The van der Waals surface area contributed by atoms with Gasteiger partial charge < -0.3 is 4.90 Å². The summed E-state index contributed by atoms with van der Waals surface area (Å²) in [6.07, 6.45) is 6.76. The van der Waals surface area contributed by atoms with Gasteiger partial charge in [-0.2, -0.15) is 11.8 Å². The molecule has 162 valence electrons. The number of amides is 1. The minimum atomic E-state index is -3.09. The maximum absolute atomic E-state index is 13.4. The van der Waals surface area contributed by atoms with E-state index in [9.17, 15) is 18.0 Å². The molecule has 2 aromatic rings. The van der Waals surface area contributed by atoms with E-state index in [2.05, 4.69) is 4.98 Å². The van der Waals surface area contributed by atoms with Gasteiger partial charge >= 0.3 is 0 Å². The second-order valence-corrected chi connectivity index (χ2v) is 12.9. The largest absolute Gasteiger partial charge is 0.334 e. The molecule has 5 rings (SSSR count). The van der Waals surface area contributed by atoms with Crippen LogP contribution in [0.2, 0.25) is 0 Å². The molecule has 0 bridgehead atoms. The van der Waals surface area contributed by atoms with Gasteiger partial charge in [-0.05, 0) is 37.0 Å². The van der Waals surface area contributed by atoms with Crippen LogP contribution >= 0.6 is 23.1 Å². The Morgan fingerprint density at radius 3 is 2.77 bits per heavy atom. The summed E-state index contributed by atoms with van der Waals surface area (Å²) >= 11 is 3.45. The van der Waals surface area contributed by atoms with Gasteiger partial charge in [0.1, 0.15) is 11.4 Å². The summed E-state index contributed by atoms with van der Waals surface area (Å²) in [7, 11) is -3.09. The Labute approximate surface area is 183 Å². The number of aromatic nitrogens is 2. The zero-order chi connectivity index (χ0) is 20.9. The maximum Gasteiger partial charge on any atom is 0.262 e. The molecule has 1 amide bonds. The molecule has 0 N–H and O–H groups in total. The van der Waals surface area contributed by atoms with Crippen LogP contribution in [0.1, 0.15) is 42.5 Å². The van der Waals surface area contributed by atoms with Crippen LogP contribution in [0.25, 0.3) is 10.2 Å². The highest BCUT2D eigenvalue weighted by atomic mass is 32.2. The van der Waals surface area contributed by atoms with Crippen molar-refractivity contribution < 1.29 is 13.2 Å². The van der Waals surface area contributed by atoms with Crippen molar-refractivity contribution in [2.45, 2.75) is 62.9 Å². The average Bonchev–Trinajstić information content (AvgIpc) is 3.43. The van der Waals surface area contributed by atoms with Crippen LogP contribution in [0.5, 0.6) is 0 Å². The molecule has 7 nitrogen and oxygen atoms in total. The summed E-state index contributed by atoms with van der Waals surface area (Å²) in [6, 6.07) is -0.196. The van der Waals surface area contributed by atoms with E-state index in [1.165, 1.54) is 15.8 Å². The molecule has 3 aliphatic rings. The zero-order valence-corrected chi connectivity index (χ0v) is 19.2. The summed E-state index contributed by atoms with van der Waals surface area (Å²) in [6.45, 7) is -0.0752. The van der Waals surface area contributed by atoms with Crippen LogP contribution in [0.4, 0.5) is 0 Å². The average molecular weight is 468 g/mol. The van der Waals surface area contributed by atoms with Gasteiger partial charge in [0, 0.05) is 22.7 Å². The predicted octanol–water partition coefficient (Wildman–Crippen LogP) is 2.21. The fourth-order valence-electron chi connectivity index (χ4n) is 5.07. The van der Waals surface area contributed by atoms with Crippen molar-refractivity contribution in [3.63, 3.8) is 0 Å². The highest BCUT2D eigenvalue weighted by Gasteiger charge is 2.39. The van der Waals surface area contributed by atoms with Crippen LogP contribution in [0.15, 0.2) is 11.1 Å². The topological polar surface area (TPSA) is 89.3 Å². The van der Waals surface area contributed by atoms with Gasteiger partial charge in [0.25, 0.3) is 5.56 Å². The first-order valence-electron chi connectivity index (χ1n) is 10.5. The number of thioether (sulfide) groups is 1. The normalized spacial score (nSPS) is 23.7. The van der Waals surface area contributed by atoms with E-state index < -0.39 is 9.84 Å². The Hall–Kier alpha value is -1.39. The molecule has 2 aliphatic heterocycles. The van der Waals surface area contributed by atoms with E-state index in [0.717, 1.165) is 54.0 Å². The monoisotopic (exact) mass is 467 g/mol. The van der Waals surface area contributed by atoms with Gasteiger partial charge in [-0.3, -0.25) is 14.2 Å². The van der Waals surface area contributed by atoms with Gasteiger partial charge in [0.15, 0.2) is 9.84 Å². The summed E-state index contributed by atoms with van der Waals surface area (Å²) in [5, 5.41) is 0.668. The lowest BCUT2D eigenvalue weighted by atomic mass is 10.1. The Morgan fingerprint density at radius 2 is 2.03 bits per heavy atom. The van der Waals surface area contributed by atoms with E-state index in [1.54, 1.807) is 16.2 Å². The first-order chi connectivity index (χ1) is 14.4. The highest BCUT2D eigenvalue weighted by Crippen LogP contribution is 2.35. The molecule has 0 aromatic carbocycles. The number of hydrogen-bond donors (Lipinski definition) is 0. The van der Waals surface area contributed by atoms with Crippen molar-refractivity contribution in [2.75, 3.05) is 17.3 Å². The minimum absolute atomic E-state index is 0.0388. The Kier molecular flexibility index (Phi) is 5.43. The smallest absolute Gasteiger partial charge is 0.262 e. The first-order valence-corrected chi connectivity index (χ1v) is 14.3. The van der Waals surface area contributed by atoms with Crippen molar-refractivity contribution in [1.29, 1.82) is 0 Å². The van der Waals surface area contributed by atoms with Gasteiger partial charge in [-0.25, -0.2) is 13.4 Å². The number of aryl methyl sites for hydroxylation is 1. The molecule has 10 heteroatoms. The van der Waals surface area contributed by atoms with E-state index in [0.29, 0.717) is 11.8 Å². The predicted molar refractivity (Wildman–Crippen MR) is 120 cm³/mol. The van der Waals surface area contributed by atoms with E-state index >= 15 is 0 Å². The van der Waals surface area contributed by atoms with Gasteiger partial charge in [-0.15, -0.1) is 11.3 Å². The van der Waals surface area contributed by atoms with Crippen molar-refractivity contribution in [1.82, 2.24) is 14.5 Å². The molecule has 1 saturated heterocycles. The molecule has 1 atom stereocenters. The van der Waals surface area contributed by atoms with Crippen molar-refractivity contribution in [3.05, 3.63) is 27.1 Å². The SMILES string of the molecule is O=C(Cn1cnc2sc3c(c2c1=O)CCSC3)N(C1CCCC1)[C@H]1CCS(=O)(=O)C1. The molecule has 1 aliphatic carbocycles. The Bertz CT molecular complexity index is 1150. The quantitative estimate of drug-likeness (QED) is 0.685. The summed E-state index contributed by atoms with van der Waals surface area (Å²) < 4.78 is 25.5. The van der Waals surface area contributed by atoms with E-state index in [-0.39, 0.29) is 41.6 Å². The number of fused-ring (bicyclic) bond motifs is 3. The molecule has 2 aromatic heterocycles. The number of thiophene rings is 1. The van der Waals surface area contributed by atoms with Crippen molar-refractivity contribution in [3.8, 4) is 0 Å². The molecule has 0 spiro atoms. The molecule has 4 heterocycles. The maximum atomic E-state index is 13.4. The third-order valence-electron chi connectivity index (χ3n) is 6.50. The molecular weight excluding hydrogens is 442 g/mol. The number of carbonyl (C=O) groups is 1. The van der Waals surface area contributed by atoms with E-state index in [1.807, 2.05) is 11.8 Å². The minimum Gasteiger partial charge on any atom is -0.334 e. The number of nitrogens with zero attached hydrogens (tertiary/aromatic N) is 3. The third-order valence-corrected chi connectivity index (χ3v) is 10.6. The van der Waals surface area contributed by atoms with Crippen LogP contribution in [-0.4, -0.2) is 58.1 Å². The number of carbonyl (C=O) groups excluding carboxylic acids is 1. The van der Waals surface area contributed by atoms with E-state index in [4.69, 9.17) is 0 Å². The van der Waals surface area contributed by atoms with Crippen molar-refractivity contribution >= 4 is 49.1 Å². The molecule has 0 radical (unpaired) electrons. The lowest BCUT2D eigenvalue weighted by Crippen LogP contribution is -2.49. The molecular formula is C20H25N3O4S3. The number of sulfone groups is 1. The lowest BCUT2D eigenvalue weighted by Gasteiger charge is -2.34. The van der Waals surface area contributed by atoms with Crippen LogP contribution in [0.3, 0.4) is 0 Å². The van der Waals surface area contributed by atoms with Gasteiger partial charge in [0.2, 0.25) is 5.91 Å². The fourth-order valence-corrected chi connectivity index (χ4v) is 9.09. The molecule has 30 heavy (non-hydrogen) atoms. The highest BCUT2D eigenvalue weighted by molar-refractivity contribution is 7.98. The Morgan fingerprint density at radius 1 is 1.23 bits per heavy atom. The second-order valence-electron chi connectivity index (χ2n) is 8.46.